The molecule has 3 N–H and O–H groups in total. The van der Waals surface area contributed by atoms with Crippen LogP contribution in [0.3, 0.4) is 0 Å². The fraction of sp³-hybridized carbons (Fsp3) is 0.571. The summed E-state index contributed by atoms with van der Waals surface area (Å²) in [6.07, 6.45) is 2.07. The molecule has 130 valence electrons. The van der Waals surface area contributed by atoms with Crippen LogP contribution in [0.1, 0.15) is 13.3 Å². The highest BCUT2D eigenvalue weighted by molar-refractivity contribution is 14.0. The molecule has 0 amide bonds. The topological polar surface area (TPSA) is 72.8 Å². The molecule has 23 heavy (non-hydrogen) atoms. The average molecular weight is 474 g/mol. The van der Waals surface area contributed by atoms with E-state index >= 15 is 0 Å². The number of anilines is 1. The van der Waals surface area contributed by atoms with Gasteiger partial charge in [0.1, 0.15) is 5.82 Å². The maximum absolute atomic E-state index is 9.62. The molecular weight excluding hydrogens is 452 g/mol. The molecular formula is C14H22Cl2IN5O. The lowest BCUT2D eigenvalue weighted by Crippen LogP contribution is -2.40. The largest absolute Gasteiger partial charge is 0.391 e. The van der Waals surface area contributed by atoms with Gasteiger partial charge in [0, 0.05) is 32.4 Å². The molecule has 0 bridgehead atoms. The summed E-state index contributed by atoms with van der Waals surface area (Å²) in [4.78, 5) is 10.8. The molecule has 9 heteroatoms. The van der Waals surface area contributed by atoms with E-state index in [9.17, 15) is 5.11 Å². The molecule has 1 aliphatic heterocycles. The van der Waals surface area contributed by atoms with Crippen molar-refractivity contribution in [2.45, 2.75) is 19.4 Å². The molecule has 0 aliphatic carbocycles. The molecule has 1 atom stereocenters. The zero-order valence-corrected chi connectivity index (χ0v) is 16.8. The number of hydrogen-bond donors (Lipinski definition) is 3. The zero-order chi connectivity index (χ0) is 15.9. The van der Waals surface area contributed by atoms with Crippen LogP contribution < -0.4 is 10.6 Å². The lowest BCUT2D eigenvalue weighted by atomic mass is 10.3. The van der Waals surface area contributed by atoms with Crippen LogP contribution in [0.2, 0.25) is 10.0 Å². The highest BCUT2D eigenvalue weighted by atomic mass is 127. The molecule has 0 unspecified atom stereocenters. The van der Waals surface area contributed by atoms with Crippen molar-refractivity contribution in [3.05, 3.63) is 22.3 Å². The summed E-state index contributed by atoms with van der Waals surface area (Å²) >= 11 is 11.9. The third kappa shape index (κ3) is 6.48. The Bertz CT molecular complexity index is 532. The fourth-order valence-electron chi connectivity index (χ4n) is 2.24. The van der Waals surface area contributed by atoms with E-state index in [-0.39, 0.29) is 30.1 Å². The van der Waals surface area contributed by atoms with Gasteiger partial charge in [-0.3, -0.25) is 4.99 Å². The summed E-state index contributed by atoms with van der Waals surface area (Å²) in [5.41, 5.74) is 0. The number of halogens is 3. The standard InChI is InChI=1S/C14H21Cl2N5O.HI/c1-2-17-14(21-6-3-11(22)9-21)19-5-4-18-13-12(16)7-10(15)8-20-13;/h7-8,11,22H,2-6,9H2,1H3,(H,17,19)(H,18,20);1H/t11-;/m1./s1. The van der Waals surface area contributed by atoms with E-state index in [0.29, 0.717) is 35.5 Å². The van der Waals surface area contributed by atoms with Gasteiger partial charge in [-0.15, -0.1) is 24.0 Å². The first-order chi connectivity index (χ1) is 10.6. The normalized spacial score (nSPS) is 17.8. The monoisotopic (exact) mass is 473 g/mol. The van der Waals surface area contributed by atoms with Crippen LogP contribution in [-0.2, 0) is 0 Å². The van der Waals surface area contributed by atoms with Gasteiger partial charge in [-0.2, -0.15) is 0 Å². The Morgan fingerprint density at radius 1 is 1.52 bits per heavy atom. The van der Waals surface area contributed by atoms with Crippen molar-refractivity contribution in [2.75, 3.05) is 38.0 Å². The summed E-state index contributed by atoms with van der Waals surface area (Å²) in [6.45, 7) is 5.46. The Kier molecular flexibility index (Phi) is 9.26. The summed E-state index contributed by atoms with van der Waals surface area (Å²) < 4.78 is 0. The number of β-amino-alcohol motifs (C(OH)–C–C–N with tert-alkyl or cyclic N) is 1. The highest BCUT2D eigenvalue weighted by Crippen LogP contribution is 2.22. The second-order valence-corrected chi connectivity index (χ2v) is 5.88. The number of likely N-dealkylation sites (tertiary alicyclic amines) is 1. The van der Waals surface area contributed by atoms with Crippen molar-refractivity contribution < 1.29 is 5.11 Å². The fourth-order valence-corrected chi connectivity index (χ4v) is 2.69. The van der Waals surface area contributed by atoms with Gasteiger partial charge in [0.2, 0.25) is 0 Å². The predicted octanol–water partition coefficient (Wildman–Crippen LogP) is 2.45. The van der Waals surface area contributed by atoms with E-state index < -0.39 is 0 Å². The molecule has 6 nitrogen and oxygen atoms in total. The van der Waals surface area contributed by atoms with E-state index in [4.69, 9.17) is 23.2 Å². The van der Waals surface area contributed by atoms with Crippen molar-refractivity contribution in [3.63, 3.8) is 0 Å². The quantitative estimate of drug-likeness (QED) is 0.265. The minimum absolute atomic E-state index is 0. The minimum atomic E-state index is -0.265. The number of aliphatic hydroxyl groups is 1. The second-order valence-electron chi connectivity index (χ2n) is 5.03. The number of nitrogens with zero attached hydrogens (tertiary/aromatic N) is 3. The van der Waals surface area contributed by atoms with Gasteiger partial charge >= 0.3 is 0 Å². The zero-order valence-electron chi connectivity index (χ0n) is 12.9. The Balaban J connectivity index is 0.00000264. The van der Waals surface area contributed by atoms with Crippen LogP contribution in [-0.4, -0.2) is 59.8 Å². The first-order valence-electron chi connectivity index (χ1n) is 7.36. The third-order valence-corrected chi connectivity index (χ3v) is 3.77. The molecule has 0 saturated carbocycles. The number of pyridine rings is 1. The number of aliphatic imine (C=N–C) groups is 1. The van der Waals surface area contributed by atoms with E-state index in [2.05, 4.69) is 25.5 Å². The Morgan fingerprint density at radius 2 is 2.30 bits per heavy atom. The van der Waals surface area contributed by atoms with Crippen LogP contribution in [0.25, 0.3) is 0 Å². The van der Waals surface area contributed by atoms with Gasteiger partial charge in [0.05, 0.1) is 22.7 Å². The third-order valence-electron chi connectivity index (χ3n) is 3.27. The Hall–Kier alpha value is -0.510. The molecule has 2 heterocycles. The van der Waals surface area contributed by atoms with E-state index in [1.165, 1.54) is 0 Å². The van der Waals surface area contributed by atoms with Crippen molar-refractivity contribution in [1.82, 2.24) is 15.2 Å². The van der Waals surface area contributed by atoms with Gasteiger partial charge in [0.15, 0.2) is 5.96 Å². The van der Waals surface area contributed by atoms with Crippen LogP contribution in [0.4, 0.5) is 5.82 Å². The number of hydrogen-bond acceptors (Lipinski definition) is 4. The number of rotatable bonds is 5. The van der Waals surface area contributed by atoms with Gasteiger partial charge in [0.25, 0.3) is 0 Å². The predicted molar refractivity (Wildman–Crippen MR) is 106 cm³/mol. The first kappa shape index (κ1) is 20.5. The van der Waals surface area contributed by atoms with Crippen molar-refractivity contribution in [3.8, 4) is 0 Å². The van der Waals surface area contributed by atoms with Crippen molar-refractivity contribution >= 4 is 59.0 Å². The lowest BCUT2D eigenvalue weighted by Gasteiger charge is -2.21. The minimum Gasteiger partial charge on any atom is -0.391 e. The highest BCUT2D eigenvalue weighted by Gasteiger charge is 2.22. The molecule has 1 fully saturated rings. The first-order valence-corrected chi connectivity index (χ1v) is 8.12. The summed E-state index contributed by atoms with van der Waals surface area (Å²) in [5.74, 6) is 1.43. The molecule has 1 aliphatic rings. The molecule has 1 aromatic rings. The number of aromatic nitrogens is 1. The number of aliphatic hydroxyl groups excluding tert-OH is 1. The van der Waals surface area contributed by atoms with E-state index in [0.717, 1.165) is 25.5 Å². The molecule has 1 saturated heterocycles. The second kappa shape index (κ2) is 10.4. The molecule has 0 aromatic carbocycles. The molecule has 1 aromatic heterocycles. The van der Waals surface area contributed by atoms with E-state index in [1.54, 1.807) is 12.3 Å². The van der Waals surface area contributed by atoms with Crippen LogP contribution in [0.15, 0.2) is 17.3 Å². The number of guanidine groups is 1. The lowest BCUT2D eigenvalue weighted by molar-refractivity contribution is 0.188. The van der Waals surface area contributed by atoms with Crippen LogP contribution in [0.5, 0.6) is 0 Å². The number of nitrogens with one attached hydrogen (secondary N) is 2. The van der Waals surface area contributed by atoms with E-state index in [1.807, 2.05) is 6.92 Å². The van der Waals surface area contributed by atoms with Gasteiger partial charge in [-0.1, -0.05) is 23.2 Å². The Morgan fingerprint density at radius 3 is 2.91 bits per heavy atom. The van der Waals surface area contributed by atoms with Crippen LogP contribution >= 0.6 is 47.2 Å². The molecule has 0 spiro atoms. The SMILES string of the molecule is CCNC(=NCCNc1ncc(Cl)cc1Cl)N1CC[C@@H](O)C1.I. The smallest absolute Gasteiger partial charge is 0.194 e. The summed E-state index contributed by atoms with van der Waals surface area (Å²) in [7, 11) is 0. The summed E-state index contributed by atoms with van der Waals surface area (Å²) in [5, 5.41) is 17.0. The summed E-state index contributed by atoms with van der Waals surface area (Å²) in [6, 6.07) is 1.65. The molecule has 0 radical (unpaired) electrons. The van der Waals surface area contributed by atoms with Gasteiger partial charge in [-0.25, -0.2) is 4.98 Å². The average Bonchev–Trinajstić information content (AvgIpc) is 2.90. The Labute approximate surface area is 163 Å². The maximum Gasteiger partial charge on any atom is 0.194 e. The van der Waals surface area contributed by atoms with Crippen molar-refractivity contribution in [2.24, 2.45) is 4.99 Å². The van der Waals surface area contributed by atoms with Gasteiger partial charge < -0.3 is 20.6 Å². The molecule has 2 rings (SSSR count). The van der Waals surface area contributed by atoms with Gasteiger partial charge in [-0.05, 0) is 19.4 Å². The van der Waals surface area contributed by atoms with Crippen LogP contribution in [0, 0.1) is 0 Å². The van der Waals surface area contributed by atoms with Crippen molar-refractivity contribution in [1.29, 1.82) is 0 Å². The maximum atomic E-state index is 9.62.